The van der Waals surface area contributed by atoms with Gasteiger partial charge in [-0.2, -0.15) is 0 Å². The zero-order chi connectivity index (χ0) is 15.8. The number of hydrogen-bond acceptors (Lipinski definition) is 3. The molecule has 1 aromatic rings. The molecule has 1 aliphatic rings. The average molecular weight is 351 g/mol. The van der Waals surface area contributed by atoms with Crippen LogP contribution in [-0.4, -0.2) is 17.0 Å². The van der Waals surface area contributed by atoms with E-state index in [9.17, 15) is 4.79 Å². The quantitative estimate of drug-likeness (QED) is 0.255. The zero-order valence-corrected chi connectivity index (χ0v) is 13.4. The summed E-state index contributed by atoms with van der Waals surface area (Å²) in [4.78, 5) is 12.5. The normalized spacial score (nSPS) is 25.3. The molecule has 0 heterocycles. The highest BCUT2D eigenvalue weighted by molar-refractivity contribution is 6.44. The van der Waals surface area contributed by atoms with Gasteiger partial charge in [-0.3, -0.25) is 4.79 Å². The first-order valence-corrected chi connectivity index (χ1v) is 7.37. The maximum Gasteiger partial charge on any atom is 0.238 e. The van der Waals surface area contributed by atoms with Crippen LogP contribution in [0.3, 0.4) is 0 Å². The highest BCUT2D eigenvalue weighted by atomic mass is 35.5. The van der Waals surface area contributed by atoms with Crippen molar-refractivity contribution in [2.75, 3.05) is 5.32 Å². The second-order valence-corrected chi connectivity index (χ2v) is 6.50. The number of carbonyl (C=O) groups is 1. The maximum atomic E-state index is 12.5. The van der Waals surface area contributed by atoms with Gasteiger partial charge in [0.05, 0.1) is 20.8 Å². The molecule has 0 saturated heterocycles. The van der Waals surface area contributed by atoms with E-state index in [0.717, 1.165) is 0 Å². The molecule has 1 aliphatic carbocycles. The number of halogens is 3. The molecule has 1 aromatic carbocycles. The average Bonchev–Trinajstić information content (AvgIpc) is 2.39. The van der Waals surface area contributed by atoms with Crippen LogP contribution in [0.4, 0.5) is 5.69 Å². The first kappa shape index (κ1) is 16.2. The molecule has 1 amide bonds. The minimum atomic E-state index is -1.01. The van der Waals surface area contributed by atoms with Crippen molar-refractivity contribution in [3.63, 3.8) is 0 Å². The third-order valence-electron chi connectivity index (χ3n) is 3.68. The minimum Gasteiger partial charge on any atom is -0.409 e. The van der Waals surface area contributed by atoms with Gasteiger partial charge >= 0.3 is 0 Å². The number of nitrogens with one attached hydrogen (secondary N) is 1. The summed E-state index contributed by atoms with van der Waals surface area (Å²) in [5.41, 5.74) is 5.00. The Labute approximate surface area is 137 Å². The van der Waals surface area contributed by atoms with Crippen molar-refractivity contribution in [2.24, 2.45) is 22.2 Å². The summed E-state index contributed by atoms with van der Waals surface area (Å²) < 4.78 is 0. The van der Waals surface area contributed by atoms with Gasteiger partial charge in [0.2, 0.25) is 5.91 Å². The Morgan fingerprint density at radius 2 is 1.90 bits per heavy atom. The number of anilines is 1. The number of carbonyl (C=O) groups excluding carboxylic acids is 1. The number of rotatable bonds is 3. The lowest BCUT2D eigenvalue weighted by Crippen LogP contribution is -2.54. The highest BCUT2D eigenvalue weighted by Crippen LogP contribution is 2.47. The Balaban J connectivity index is 2.27. The summed E-state index contributed by atoms with van der Waals surface area (Å²) in [5.74, 6) is -0.161. The van der Waals surface area contributed by atoms with E-state index in [0.29, 0.717) is 29.5 Å². The molecule has 0 atom stereocenters. The van der Waals surface area contributed by atoms with E-state index in [1.54, 1.807) is 0 Å². The molecule has 1 saturated carbocycles. The van der Waals surface area contributed by atoms with Crippen LogP contribution in [0, 0.1) is 11.3 Å². The fourth-order valence-electron chi connectivity index (χ4n) is 2.60. The molecule has 21 heavy (non-hydrogen) atoms. The number of oxime groups is 1. The van der Waals surface area contributed by atoms with Gasteiger partial charge in [0.1, 0.15) is 5.41 Å². The van der Waals surface area contributed by atoms with E-state index >= 15 is 0 Å². The first-order chi connectivity index (χ1) is 9.80. The molecule has 1 fully saturated rings. The second kappa shape index (κ2) is 5.91. The van der Waals surface area contributed by atoms with Crippen LogP contribution in [0.15, 0.2) is 17.3 Å². The van der Waals surface area contributed by atoms with Crippen LogP contribution >= 0.6 is 34.8 Å². The SMILES string of the molecule is CC1CC(C(=O)Nc2cc(Cl)c(Cl)cc2Cl)(/C(N)=N/O)C1. The monoisotopic (exact) mass is 349 g/mol. The van der Waals surface area contributed by atoms with Crippen molar-refractivity contribution in [1.82, 2.24) is 0 Å². The fourth-order valence-corrected chi connectivity index (χ4v) is 3.19. The van der Waals surface area contributed by atoms with Crippen LogP contribution in [0.25, 0.3) is 0 Å². The molecule has 0 aromatic heterocycles. The van der Waals surface area contributed by atoms with Crippen LogP contribution in [-0.2, 0) is 4.79 Å². The summed E-state index contributed by atoms with van der Waals surface area (Å²) in [6.07, 6.45) is 1.02. The molecule has 0 radical (unpaired) electrons. The van der Waals surface area contributed by atoms with Crippen molar-refractivity contribution in [3.05, 3.63) is 27.2 Å². The van der Waals surface area contributed by atoms with E-state index < -0.39 is 5.41 Å². The van der Waals surface area contributed by atoms with Gasteiger partial charge in [-0.25, -0.2) is 0 Å². The van der Waals surface area contributed by atoms with Crippen molar-refractivity contribution >= 4 is 52.2 Å². The minimum absolute atomic E-state index is 0.103. The largest absolute Gasteiger partial charge is 0.409 e. The van der Waals surface area contributed by atoms with Gasteiger partial charge in [-0.15, -0.1) is 0 Å². The Bertz CT molecular complexity index is 613. The van der Waals surface area contributed by atoms with E-state index in [1.165, 1.54) is 12.1 Å². The van der Waals surface area contributed by atoms with Crippen molar-refractivity contribution in [2.45, 2.75) is 19.8 Å². The third-order valence-corrected chi connectivity index (χ3v) is 4.72. The smallest absolute Gasteiger partial charge is 0.238 e. The standard InChI is InChI=1S/C13H14Cl3N3O2/c1-6-4-13(5-6,11(17)19-21)12(20)18-10-3-8(15)7(14)2-9(10)16/h2-3,6,21H,4-5H2,1H3,(H2,17,19)(H,18,20). The van der Waals surface area contributed by atoms with Gasteiger partial charge in [0, 0.05) is 0 Å². The van der Waals surface area contributed by atoms with Crippen LogP contribution in [0.2, 0.25) is 15.1 Å². The van der Waals surface area contributed by atoms with Gasteiger partial charge in [0.15, 0.2) is 5.84 Å². The zero-order valence-electron chi connectivity index (χ0n) is 11.2. The van der Waals surface area contributed by atoms with Gasteiger partial charge < -0.3 is 16.3 Å². The molecule has 5 nitrogen and oxygen atoms in total. The summed E-state index contributed by atoms with van der Waals surface area (Å²) in [6, 6.07) is 2.91. The molecule has 0 bridgehead atoms. The number of benzene rings is 1. The lowest BCUT2D eigenvalue weighted by Gasteiger charge is -2.43. The van der Waals surface area contributed by atoms with E-state index in [-0.39, 0.29) is 21.8 Å². The molecule has 0 aliphatic heterocycles. The predicted octanol–water partition coefficient (Wildman–Crippen LogP) is 3.75. The Morgan fingerprint density at radius 3 is 2.43 bits per heavy atom. The van der Waals surface area contributed by atoms with E-state index in [2.05, 4.69) is 10.5 Å². The van der Waals surface area contributed by atoms with Crippen molar-refractivity contribution in [1.29, 1.82) is 0 Å². The Hall–Kier alpha value is -1.17. The molecule has 0 unspecified atom stereocenters. The van der Waals surface area contributed by atoms with Crippen molar-refractivity contribution in [3.8, 4) is 0 Å². The van der Waals surface area contributed by atoms with E-state index in [4.69, 9.17) is 45.7 Å². The maximum absolute atomic E-state index is 12.5. The molecule has 0 spiro atoms. The molecule has 114 valence electrons. The van der Waals surface area contributed by atoms with Gasteiger partial charge in [-0.1, -0.05) is 46.9 Å². The van der Waals surface area contributed by atoms with Crippen LogP contribution < -0.4 is 11.1 Å². The predicted molar refractivity (Wildman–Crippen MR) is 84.3 cm³/mol. The summed E-state index contributed by atoms with van der Waals surface area (Å²) >= 11 is 17.8. The lowest BCUT2D eigenvalue weighted by molar-refractivity contribution is -0.127. The molecule has 8 heteroatoms. The molecule has 2 rings (SSSR count). The van der Waals surface area contributed by atoms with Crippen LogP contribution in [0.5, 0.6) is 0 Å². The number of hydrogen-bond donors (Lipinski definition) is 3. The molecule has 4 N–H and O–H groups in total. The number of nitrogens with zero attached hydrogens (tertiary/aromatic N) is 1. The summed E-state index contributed by atoms with van der Waals surface area (Å²) in [5, 5.41) is 15.4. The number of amidine groups is 1. The van der Waals surface area contributed by atoms with Gasteiger partial charge in [0.25, 0.3) is 0 Å². The molecular weight excluding hydrogens is 337 g/mol. The number of nitrogens with two attached hydrogens (primary N) is 1. The summed E-state index contributed by atoms with van der Waals surface area (Å²) in [7, 11) is 0. The topological polar surface area (TPSA) is 87.7 Å². The van der Waals surface area contributed by atoms with E-state index in [1.807, 2.05) is 6.92 Å². The number of amides is 1. The third kappa shape index (κ3) is 2.91. The Kier molecular flexibility index (Phi) is 4.56. The Morgan fingerprint density at radius 1 is 1.33 bits per heavy atom. The highest BCUT2D eigenvalue weighted by Gasteiger charge is 2.52. The van der Waals surface area contributed by atoms with Gasteiger partial charge in [-0.05, 0) is 30.9 Å². The lowest BCUT2D eigenvalue weighted by atomic mass is 9.61. The first-order valence-electron chi connectivity index (χ1n) is 6.24. The fraction of sp³-hybridized carbons (Fsp3) is 0.385. The van der Waals surface area contributed by atoms with Crippen molar-refractivity contribution < 1.29 is 10.0 Å². The molecular formula is C13H14Cl3N3O2. The van der Waals surface area contributed by atoms with Crippen LogP contribution in [0.1, 0.15) is 19.8 Å². The summed E-state index contributed by atoms with van der Waals surface area (Å²) in [6.45, 7) is 1.99. The second-order valence-electron chi connectivity index (χ2n) is 5.28.